The molecule has 1 heterocycles. The van der Waals surface area contributed by atoms with Gasteiger partial charge in [-0.3, -0.25) is 4.79 Å². The predicted molar refractivity (Wildman–Crippen MR) is 101 cm³/mol. The number of aryl methyl sites for hydroxylation is 1. The van der Waals surface area contributed by atoms with Crippen molar-refractivity contribution < 1.29 is 9.53 Å². The number of aromatic nitrogens is 1. The molecule has 128 valence electrons. The highest BCUT2D eigenvalue weighted by Gasteiger charge is 2.16. The highest BCUT2D eigenvalue weighted by molar-refractivity contribution is 6.30. The van der Waals surface area contributed by atoms with Gasteiger partial charge in [0.25, 0.3) is 0 Å². The lowest BCUT2D eigenvalue weighted by molar-refractivity contribution is 0.0921. The van der Waals surface area contributed by atoms with Crippen LogP contribution in [0.4, 0.5) is 0 Å². The van der Waals surface area contributed by atoms with E-state index in [-0.39, 0.29) is 12.4 Å². The zero-order valence-electron chi connectivity index (χ0n) is 14.3. The molecule has 0 amide bonds. The van der Waals surface area contributed by atoms with Crippen molar-refractivity contribution in [2.75, 3.05) is 6.61 Å². The fraction of sp³-hybridized carbons (Fsp3) is 0.190. The number of nitrogens with zero attached hydrogens (tertiary/aromatic N) is 1. The molecule has 3 rings (SSSR count). The molecule has 0 bridgehead atoms. The van der Waals surface area contributed by atoms with Crippen molar-refractivity contribution in [1.82, 2.24) is 4.57 Å². The molecule has 3 aromatic rings. The van der Waals surface area contributed by atoms with Crippen molar-refractivity contribution in [2.45, 2.75) is 20.4 Å². The van der Waals surface area contributed by atoms with Gasteiger partial charge in [-0.25, -0.2) is 0 Å². The Kier molecular flexibility index (Phi) is 5.25. The van der Waals surface area contributed by atoms with Gasteiger partial charge in [0.15, 0.2) is 6.61 Å². The summed E-state index contributed by atoms with van der Waals surface area (Å²) in [6, 6.07) is 19.2. The summed E-state index contributed by atoms with van der Waals surface area (Å²) in [6.07, 6.45) is 0. The molecule has 0 radical (unpaired) electrons. The summed E-state index contributed by atoms with van der Waals surface area (Å²) < 4.78 is 7.74. The van der Waals surface area contributed by atoms with Crippen molar-refractivity contribution in [3.63, 3.8) is 0 Å². The molecule has 2 aromatic carbocycles. The van der Waals surface area contributed by atoms with Crippen molar-refractivity contribution >= 4 is 17.4 Å². The highest BCUT2D eigenvalue weighted by Crippen LogP contribution is 2.20. The maximum absolute atomic E-state index is 12.6. The first-order valence-corrected chi connectivity index (χ1v) is 8.54. The number of halogens is 1. The van der Waals surface area contributed by atoms with Gasteiger partial charge in [0, 0.05) is 28.5 Å². The fourth-order valence-corrected chi connectivity index (χ4v) is 3.06. The van der Waals surface area contributed by atoms with Crippen LogP contribution in [0.1, 0.15) is 27.3 Å². The second-order valence-electron chi connectivity index (χ2n) is 6.03. The standard InChI is InChI=1S/C21H20ClNO2/c1-15-11-20(16(2)23(15)13-17-7-4-3-5-8-17)21(24)14-25-19-10-6-9-18(22)12-19/h3-12H,13-14H2,1-2H3. The number of carbonyl (C=O) groups is 1. The normalized spacial score (nSPS) is 10.7. The summed E-state index contributed by atoms with van der Waals surface area (Å²) >= 11 is 5.94. The zero-order valence-corrected chi connectivity index (χ0v) is 15.1. The van der Waals surface area contributed by atoms with E-state index in [1.807, 2.05) is 38.1 Å². The lowest BCUT2D eigenvalue weighted by atomic mass is 10.1. The van der Waals surface area contributed by atoms with Gasteiger partial charge < -0.3 is 9.30 Å². The molecule has 0 saturated carbocycles. The smallest absolute Gasteiger partial charge is 0.202 e. The van der Waals surface area contributed by atoms with Gasteiger partial charge in [0.05, 0.1) is 0 Å². The summed E-state index contributed by atoms with van der Waals surface area (Å²) in [6.45, 7) is 4.74. The minimum Gasteiger partial charge on any atom is -0.485 e. The largest absolute Gasteiger partial charge is 0.485 e. The van der Waals surface area contributed by atoms with E-state index in [0.717, 1.165) is 17.9 Å². The summed E-state index contributed by atoms with van der Waals surface area (Å²) in [5, 5.41) is 0.589. The lowest BCUT2D eigenvalue weighted by Gasteiger charge is -2.10. The minimum absolute atomic E-state index is 0.00400. The summed E-state index contributed by atoms with van der Waals surface area (Å²) in [4.78, 5) is 12.6. The number of rotatable bonds is 6. The van der Waals surface area contributed by atoms with Crippen LogP contribution in [0.15, 0.2) is 60.7 Å². The number of hydrogen-bond donors (Lipinski definition) is 0. The number of carbonyl (C=O) groups excluding carboxylic acids is 1. The SMILES string of the molecule is Cc1cc(C(=O)COc2cccc(Cl)c2)c(C)n1Cc1ccccc1. The Labute approximate surface area is 152 Å². The van der Waals surface area contributed by atoms with Gasteiger partial charge in [-0.2, -0.15) is 0 Å². The van der Waals surface area contributed by atoms with E-state index in [2.05, 4.69) is 16.7 Å². The van der Waals surface area contributed by atoms with E-state index < -0.39 is 0 Å². The summed E-state index contributed by atoms with van der Waals surface area (Å²) in [7, 11) is 0. The molecule has 0 aliphatic carbocycles. The number of Topliss-reactive ketones (excluding diaryl/α,β-unsaturated/α-hetero) is 1. The van der Waals surface area contributed by atoms with Crippen LogP contribution in [0.5, 0.6) is 5.75 Å². The van der Waals surface area contributed by atoms with E-state index in [0.29, 0.717) is 16.3 Å². The first-order chi connectivity index (χ1) is 12.0. The topological polar surface area (TPSA) is 31.2 Å². The van der Waals surface area contributed by atoms with Crippen molar-refractivity contribution in [1.29, 1.82) is 0 Å². The van der Waals surface area contributed by atoms with Crippen LogP contribution in [0.3, 0.4) is 0 Å². The highest BCUT2D eigenvalue weighted by atomic mass is 35.5. The molecule has 0 saturated heterocycles. The Morgan fingerprint density at radius 3 is 2.52 bits per heavy atom. The molecule has 4 heteroatoms. The monoisotopic (exact) mass is 353 g/mol. The lowest BCUT2D eigenvalue weighted by Crippen LogP contribution is -2.13. The zero-order chi connectivity index (χ0) is 17.8. The second-order valence-corrected chi connectivity index (χ2v) is 6.46. The Morgan fingerprint density at radius 2 is 1.80 bits per heavy atom. The molecule has 25 heavy (non-hydrogen) atoms. The molecule has 1 aromatic heterocycles. The van der Waals surface area contributed by atoms with Gasteiger partial charge in [0.1, 0.15) is 5.75 Å². The molecule has 0 atom stereocenters. The molecule has 3 nitrogen and oxygen atoms in total. The average molecular weight is 354 g/mol. The van der Waals surface area contributed by atoms with E-state index >= 15 is 0 Å². The molecule has 0 spiro atoms. The van der Waals surface area contributed by atoms with Crippen LogP contribution in [0.25, 0.3) is 0 Å². The molecular weight excluding hydrogens is 334 g/mol. The van der Waals surface area contributed by atoms with Gasteiger partial charge in [-0.05, 0) is 43.7 Å². The first-order valence-electron chi connectivity index (χ1n) is 8.17. The number of ether oxygens (including phenoxy) is 1. The van der Waals surface area contributed by atoms with Gasteiger partial charge in [0.2, 0.25) is 5.78 Å². The fourth-order valence-electron chi connectivity index (χ4n) is 2.88. The molecule has 0 aliphatic heterocycles. The van der Waals surface area contributed by atoms with Crippen LogP contribution in [-0.2, 0) is 6.54 Å². The quantitative estimate of drug-likeness (QED) is 0.579. The molecular formula is C21H20ClNO2. The first kappa shape index (κ1) is 17.3. The Hall–Kier alpha value is -2.52. The van der Waals surface area contributed by atoms with Gasteiger partial charge in [-0.1, -0.05) is 48.0 Å². The third-order valence-electron chi connectivity index (χ3n) is 4.22. The van der Waals surface area contributed by atoms with Crippen LogP contribution in [0.2, 0.25) is 5.02 Å². The Bertz CT molecular complexity index is 884. The molecule has 0 fully saturated rings. The number of benzene rings is 2. The van der Waals surface area contributed by atoms with Crippen LogP contribution in [-0.4, -0.2) is 17.0 Å². The van der Waals surface area contributed by atoms with Crippen LogP contribution < -0.4 is 4.74 Å². The third-order valence-corrected chi connectivity index (χ3v) is 4.46. The molecule has 0 N–H and O–H groups in total. The summed E-state index contributed by atoms with van der Waals surface area (Å²) in [5.41, 5.74) is 3.93. The maximum atomic E-state index is 12.6. The number of hydrogen-bond acceptors (Lipinski definition) is 2. The third kappa shape index (κ3) is 4.12. The minimum atomic E-state index is -0.0348. The molecule has 0 aliphatic rings. The Morgan fingerprint density at radius 1 is 1.04 bits per heavy atom. The predicted octanol–water partition coefficient (Wildman–Crippen LogP) is 5.07. The van der Waals surface area contributed by atoms with Crippen molar-refractivity contribution in [3.05, 3.63) is 88.2 Å². The summed E-state index contributed by atoms with van der Waals surface area (Å²) in [5.74, 6) is 0.561. The second kappa shape index (κ2) is 7.58. The van der Waals surface area contributed by atoms with Crippen molar-refractivity contribution in [3.8, 4) is 5.75 Å². The van der Waals surface area contributed by atoms with Gasteiger partial charge in [-0.15, -0.1) is 0 Å². The molecule has 0 unspecified atom stereocenters. The van der Waals surface area contributed by atoms with Gasteiger partial charge >= 0.3 is 0 Å². The van der Waals surface area contributed by atoms with Crippen LogP contribution in [0, 0.1) is 13.8 Å². The van der Waals surface area contributed by atoms with E-state index in [9.17, 15) is 4.79 Å². The van der Waals surface area contributed by atoms with Crippen molar-refractivity contribution in [2.24, 2.45) is 0 Å². The Balaban J connectivity index is 1.74. The number of ketones is 1. The van der Waals surface area contributed by atoms with E-state index in [1.54, 1.807) is 24.3 Å². The van der Waals surface area contributed by atoms with E-state index in [4.69, 9.17) is 16.3 Å². The maximum Gasteiger partial charge on any atom is 0.202 e. The average Bonchev–Trinajstić information content (AvgIpc) is 2.89. The van der Waals surface area contributed by atoms with Crippen LogP contribution >= 0.6 is 11.6 Å². The van der Waals surface area contributed by atoms with E-state index in [1.165, 1.54) is 5.56 Å².